The molecule has 0 atom stereocenters. The van der Waals surface area contributed by atoms with Gasteiger partial charge < -0.3 is 16.8 Å². The van der Waals surface area contributed by atoms with E-state index in [9.17, 15) is 9.59 Å². The molecule has 5 N–H and O–H groups in total. The van der Waals surface area contributed by atoms with E-state index in [0.29, 0.717) is 12.8 Å². The third-order valence-electron chi connectivity index (χ3n) is 2.43. The van der Waals surface area contributed by atoms with Crippen LogP contribution < -0.4 is 16.8 Å². The highest BCUT2D eigenvalue weighted by molar-refractivity contribution is 5.90. The van der Waals surface area contributed by atoms with Gasteiger partial charge >= 0.3 is 0 Å². The third kappa shape index (κ3) is 4.48. The molecule has 15 heavy (non-hydrogen) atoms. The van der Waals surface area contributed by atoms with Crippen LogP contribution in [0.5, 0.6) is 0 Å². The molecular formula is C9H20ClN3O2. The number of primary amides is 1. The van der Waals surface area contributed by atoms with E-state index in [1.54, 1.807) is 0 Å². The van der Waals surface area contributed by atoms with E-state index in [1.165, 1.54) is 0 Å². The maximum atomic E-state index is 11.3. The van der Waals surface area contributed by atoms with E-state index in [-0.39, 0.29) is 31.3 Å². The molecule has 0 saturated heterocycles. The number of carbonyl (C=O) groups is 2. The van der Waals surface area contributed by atoms with Gasteiger partial charge in [0, 0.05) is 13.0 Å². The summed E-state index contributed by atoms with van der Waals surface area (Å²) in [4.78, 5) is 22.5. The van der Waals surface area contributed by atoms with Gasteiger partial charge in [0.1, 0.15) is 5.54 Å². The van der Waals surface area contributed by atoms with Crippen molar-refractivity contribution in [1.82, 2.24) is 5.32 Å². The van der Waals surface area contributed by atoms with Crippen molar-refractivity contribution in [3.63, 3.8) is 0 Å². The van der Waals surface area contributed by atoms with Gasteiger partial charge in [0.2, 0.25) is 11.8 Å². The summed E-state index contributed by atoms with van der Waals surface area (Å²) in [6.45, 7) is 3.90. The van der Waals surface area contributed by atoms with E-state index in [0.717, 1.165) is 0 Å². The summed E-state index contributed by atoms with van der Waals surface area (Å²) in [5.74, 6) is -0.720. The Morgan fingerprint density at radius 1 is 1.27 bits per heavy atom. The molecule has 2 amide bonds. The van der Waals surface area contributed by atoms with E-state index in [4.69, 9.17) is 11.5 Å². The second-order valence-electron chi connectivity index (χ2n) is 3.24. The molecule has 0 aliphatic carbocycles. The highest BCUT2D eigenvalue weighted by Crippen LogP contribution is 2.14. The van der Waals surface area contributed by atoms with Crippen LogP contribution in [-0.2, 0) is 9.59 Å². The van der Waals surface area contributed by atoms with Crippen LogP contribution in [-0.4, -0.2) is 23.9 Å². The fraction of sp³-hybridized carbons (Fsp3) is 0.778. The minimum Gasteiger partial charge on any atom is -0.368 e. The van der Waals surface area contributed by atoms with Crippen LogP contribution in [0.2, 0.25) is 0 Å². The quantitative estimate of drug-likeness (QED) is 0.603. The zero-order valence-corrected chi connectivity index (χ0v) is 10.0. The molecule has 6 heteroatoms. The van der Waals surface area contributed by atoms with Crippen molar-refractivity contribution in [2.75, 3.05) is 6.54 Å². The van der Waals surface area contributed by atoms with Crippen LogP contribution in [0.4, 0.5) is 0 Å². The summed E-state index contributed by atoms with van der Waals surface area (Å²) < 4.78 is 0. The molecular weight excluding hydrogens is 218 g/mol. The van der Waals surface area contributed by atoms with E-state index >= 15 is 0 Å². The Balaban J connectivity index is 0. The highest BCUT2D eigenvalue weighted by atomic mass is 35.5. The van der Waals surface area contributed by atoms with Crippen LogP contribution in [0.1, 0.15) is 33.1 Å². The summed E-state index contributed by atoms with van der Waals surface area (Å²) >= 11 is 0. The van der Waals surface area contributed by atoms with Crippen LogP contribution in [0.3, 0.4) is 0 Å². The van der Waals surface area contributed by atoms with Gasteiger partial charge in [-0.2, -0.15) is 0 Å². The number of hydrogen-bond acceptors (Lipinski definition) is 3. The Morgan fingerprint density at radius 3 is 2.00 bits per heavy atom. The third-order valence-corrected chi connectivity index (χ3v) is 2.43. The molecule has 0 aromatic heterocycles. The topological polar surface area (TPSA) is 98.2 Å². The Kier molecular flexibility index (Phi) is 8.28. The van der Waals surface area contributed by atoms with Crippen LogP contribution in [0.25, 0.3) is 0 Å². The molecule has 5 nitrogen and oxygen atoms in total. The molecule has 0 heterocycles. The number of amides is 2. The van der Waals surface area contributed by atoms with Crippen molar-refractivity contribution >= 4 is 24.2 Å². The number of nitrogens with two attached hydrogens (primary N) is 2. The smallest absolute Gasteiger partial charge is 0.243 e. The summed E-state index contributed by atoms with van der Waals surface area (Å²) in [6, 6.07) is 0. The minimum absolute atomic E-state index is 0. The van der Waals surface area contributed by atoms with E-state index in [2.05, 4.69) is 5.32 Å². The van der Waals surface area contributed by atoms with Crippen LogP contribution >= 0.6 is 12.4 Å². The minimum atomic E-state index is -0.910. The fourth-order valence-corrected chi connectivity index (χ4v) is 1.30. The zero-order valence-electron chi connectivity index (χ0n) is 9.21. The Labute approximate surface area is 96.4 Å². The average molecular weight is 238 g/mol. The predicted octanol–water partition coefficient (Wildman–Crippen LogP) is -0.0827. The van der Waals surface area contributed by atoms with Crippen molar-refractivity contribution in [2.45, 2.75) is 38.6 Å². The van der Waals surface area contributed by atoms with Gasteiger partial charge in [-0.1, -0.05) is 13.8 Å². The molecule has 0 aliphatic rings. The fourth-order valence-electron chi connectivity index (χ4n) is 1.30. The van der Waals surface area contributed by atoms with E-state index in [1.807, 2.05) is 13.8 Å². The zero-order chi connectivity index (χ0) is 11.2. The first-order valence-electron chi connectivity index (χ1n) is 4.83. The van der Waals surface area contributed by atoms with Gasteiger partial charge in [0.05, 0.1) is 0 Å². The van der Waals surface area contributed by atoms with Gasteiger partial charge in [-0.05, 0) is 12.8 Å². The molecule has 0 aromatic carbocycles. The Morgan fingerprint density at radius 2 is 1.73 bits per heavy atom. The van der Waals surface area contributed by atoms with Crippen LogP contribution in [0, 0.1) is 0 Å². The molecule has 0 bridgehead atoms. The van der Waals surface area contributed by atoms with Crippen molar-refractivity contribution in [3.05, 3.63) is 0 Å². The van der Waals surface area contributed by atoms with Crippen molar-refractivity contribution in [2.24, 2.45) is 11.5 Å². The largest absolute Gasteiger partial charge is 0.368 e. The number of hydrogen-bond donors (Lipinski definition) is 3. The standard InChI is InChI=1S/C9H19N3O2.ClH/c1-3-9(4-2,8(11)14)12-7(13)5-6-10;/h3-6,10H2,1-2H3,(H2,11,14)(H,12,13);1H. The Bertz CT molecular complexity index is 217. The number of nitrogens with one attached hydrogen (secondary N) is 1. The monoisotopic (exact) mass is 237 g/mol. The molecule has 0 spiro atoms. The first-order chi connectivity index (χ1) is 6.52. The molecule has 0 saturated carbocycles. The molecule has 0 fully saturated rings. The van der Waals surface area contributed by atoms with Gasteiger partial charge in [-0.25, -0.2) is 0 Å². The summed E-state index contributed by atoms with van der Waals surface area (Å²) in [7, 11) is 0. The first-order valence-corrected chi connectivity index (χ1v) is 4.83. The van der Waals surface area contributed by atoms with Gasteiger partial charge in [-0.3, -0.25) is 9.59 Å². The number of rotatable bonds is 6. The lowest BCUT2D eigenvalue weighted by atomic mass is 9.92. The van der Waals surface area contributed by atoms with Crippen molar-refractivity contribution < 1.29 is 9.59 Å². The molecule has 0 aromatic rings. The number of halogens is 1. The van der Waals surface area contributed by atoms with Crippen LogP contribution in [0.15, 0.2) is 0 Å². The molecule has 0 rings (SSSR count). The first kappa shape index (κ1) is 16.6. The SMILES string of the molecule is CCC(CC)(NC(=O)CCN)C(N)=O.Cl. The van der Waals surface area contributed by atoms with Gasteiger partial charge in [0.15, 0.2) is 0 Å². The van der Waals surface area contributed by atoms with E-state index < -0.39 is 11.4 Å². The number of carbonyl (C=O) groups excluding carboxylic acids is 2. The maximum Gasteiger partial charge on any atom is 0.243 e. The highest BCUT2D eigenvalue weighted by Gasteiger charge is 2.33. The second-order valence-corrected chi connectivity index (χ2v) is 3.24. The lowest BCUT2D eigenvalue weighted by Gasteiger charge is -2.29. The normalized spacial score (nSPS) is 10.3. The summed E-state index contributed by atoms with van der Waals surface area (Å²) in [6.07, 6.45) is 1.21. The maximum absolute atomic E-state index is 11.3. The predicted molar refractivity (Wildman–Crippen MR) is 61.6 cm³/mol. The Hall–Kier alpha value is -0.810. The molecule has 0 radical (unpaired) electrons. The summed E-state index contributed by atoms with van der Waals surface area (Å²) in [5.41, 5.74) is 9.57. The van der Waals surface area contributed by atoms with Crippen molar-refractivity contribution in [3.8, 4) is 0 Å². The van der Waals surface area contributed by atoms with Gasteiger partial charge in [0.25, 0.3) is 0 Å². The molecule has 90 valence electrons. The van der Waals surface area contributed by atoms with Crippen molar-refractivity contribution in [1.29, 1.82) is 0 Å². The lowest BCUT2D eigenvalue weighted by Crippen LogP contribution is -2.56. The van der Waals surface area contributed by atoms with Gasteiger partial charge in [-0.15, -0.1) is 12.4 Å². The lowest BCUT2D eigenvalue weighted by molar-refractivity contribution is -0.131. The molecule has 0 unspecified atom stereocenters. The summed E-state index contributed by atoms with van der Waals surface area (Å²) in [5, 5.41) is 2.64. The average Bonchev–Trinajstić information content (AvgIpc) is 2.14. The second kappa shape index (κ2) is 7.48. The molecule has 0 aliphatic heterocycles.